The molecule has 0 saturated heterocycles. The van der Waals surface area contributed by atoms with E-state index >= 15 is 0 Å². The Labute approximate surface area is 202 Å². The van der Waals surface area contributed by atoms with Crippen molar-refractivity contribution in [3.05, 3.63) is 30.3 Å². The minimum atomic E-state index is -3.32. The van der Waals surface area contributed by atoms with E-state index in [1.807, 2.05) is 0 Å². The molecule has 1 aromatic rings. The standard InChI is InChI=1S/C9H10O3P.2C4H11O2P.O.2Zn/c10-7-4-8-13(11,12)9-5-2-1-3-6-9;2*1-3-7(5,6)4-2;;;/h1-3,5-6H,4,8H2,(H,11,12);2*3-4H2,1-2H3,(H,5,6);;;/q-1;;;;;. The number of benzene rings is 1. The van der Waals surface area contributed by atoms with E-state index in [0.717, 1.165) is 0 Å². The fraction of sp³-hybridized carbons (Fsp3) is 0.588. The molecule has 0 heterocycles. The van der Waals surface area contributed by atoms with Crippen LogP contribution in [-0.2, 0) is 59.8 Å². The average molecular weight is 588 g/mol. The SMILES string of the molecule is CCP(=O)(O)CC.CCP(=O)(O)CC.O=[C-]CCP(=O)(O)c1ccccc1.[O]=[Zn].[Zn]. The van der Waals surface area contributed by atoms with Gasteiger partial charge >= 0.3 is 21.8 Å². The van der Waals surface area contributed by atoms with E-state index in [1.54, 1.807) is 64.3 Å². The van der Waals surface area contributed by atoms with E-state index in [2.05, 4.69) is 0 Å². The van der Waals surface area contributed by atoms with Crippen LogP contribution in [0.25, 0.3) is 0 Å². The molecule has 0 spiro atoms. The first-order valence-electron chi connectivity index (χ1n) is 9.04. The predicted molar refractivity (Wildman–Crippen MR) is 114 cm³/mol. The van der Waals surface area contributed by atoms with Crippen LogP contribution in [0.4, 0.5) is 0 Å². The minimum absolute atomic E-state index is 0. The first kappa shape index (κ1) is 37.8. The summed E-state index contributed by atoms with van der Waals surface area (Å²) in [5, 5.41) is 0.394. The number of hydrogen-bond acceptors (Lipinski definition) is 5. The Bertz CT molecular complexity index is 649. The fourth-order valence-electron chi connectivity index (χ4n) is 1.43. The van der Waals surface area contributed by atoms with Gasteiger partial charge in [-0.05, 0) is 12.1 Å². The van der Waals surface area contributed by atoms with Crippen molar-refractivity contribution >= 4 is 33.7 Å². The molecule has 13 heteroatoms. The van der Waals surface area contributed by atoms with Gasteiger partial charge in [-0.25, -0.2) is 0 Å². The molecule has 0 fully saturated rings. The zero-order chi connectivity index (χ0) is 23.6. The van der Waals surface area contributed by atoms with E-state index in [0.29, 0.717) is 30.0 Å². The summed E-state index contributed by atoms with van der Waals surface area (Å²) in [7, 11) is -8.63. The van der Waals surface area contributed by atoms with E-state index in [4.69, 9.17) is 13.4 Å². The molecule has 168 valence electrons. The van der Waals surface area contributed by atoms with Crippen molar-refractivity contribution < 1.29 is 74.5 Å². The van der Waals surface area contributed by atoms with Crippen LogP contribution in [0.3, 0.4) is 0 Å². The van der Waals surface area contributed by atoms with Crippen LogP contribution in [-0.4, -0.2) is 51.8 Å². The van der Waals surface area contributed by atoms with Crippen molar-refractivity contribution in [1.29, 1.82) is 0 Å². The maximum absolute atomic E-state index is 11.6. The quantitative estimate of drug-likeness (QED) is 0.238. The molecule has 0 aliphatic carbocycles. The van der Waals surface area contributed by atoms with Gasteiger partial charge in [0.25, 0.3) is 0 Å². The van der Waals surface area contributed by atoms with Crippen LogP contribution in [0.5, 0.6) is 0 Å². The molecule has 0 radical (unpaired) electrons. The van der Waals surface area contributed by atoms with Crippen LogP contribution in [0.1, 0.15) is 34.1 Å². The normalized spacial score (nSPS) is 12.2. The minimum Gasteiger partial charge on any atom is 0 e. The summed E-state index contributed by atoms with van der Waals surface area (Å²) in [6.07, 6.45) is 3.21. The maximum Gasteiger partial charge on any atom is 0 e. The van der Waals surface area contributed by atoms with Gasteiger partial charge in [-0.3, -0.25) is 20.0 Å². The molecule has 0 aromatic heterocycles. The largest absolute Gasteiger partial charge is 0 e. The summed E-state index contributed by atoms with van der Waals surface area (Å²) in [4.78, 5) is 36.8. The molecule has 1 atom stereocenters. The summed E-state index contributed by atoms with van der Waals surface area (Å²) in [5.74, 6) is 0. The van der Waals surface area contributed by atoms with Crippen LogP contribution in [0.2, 0.25) is 0 Å². The van der Waals surface area contributed by atoms with Gasteiger partial charge in [-0.1, -0.05) is 45.9 Å². The Hall–Kier alpha value is 0.507. The van der Waals surface area contributed by atoms with Gasteiger partial charge < -0.3 is 19.5 Å². The van der Waals surface area contributed by atoms with Crippen molar-refractivity contribution in [1.82, 2.24) is 0 Å². The summed E-state index contributed by atoms with van der Waals surface area (Å²) < 4.78 is 40.9. The van der Waals surface area contributed by atoms with Crippen molar-refractivity contribution in [2.45, 2.75) is 34.1 Å². The second-order valence-corrected chi connectivity index (χ2v) is 13.9. The average Bonchev–Trinajstić information content (AvgIpc) is 2.75. The van der Waals surface area contributed by atoms with Crippen LogP contribution in [0, 0.1) is 0 Å². The Morgan fingerprint density at radius 1 is 0.800 bits per heavy atom. The number of carbonyl (C=O) groups excluding carboxylic acids is 1. The molecular weight excluding hydrogens is 556 g/mol. The Morgan fingerprint density at radius 2 is 1.13 bits per heavy atom. The molecule has 1 aromatic carbocycles. The Morgan fingerprint density at radius 3 is 1.37 bits per heavy atom. The molecule has 0 bridgehead atoms. The first-order valence-corrected chi connectivity index (χ1v) is 16.2. The van der Waals surface area contributed by atoms with Crippen molar-refractivity contribution in [2.75, 3.05) is 30.8 Å². The zero-order valence-electron chi connectivity index (χ0n) is 18.3. The molecule has 30 heavy (non-hydrogen) atoms. The number of rotatable bonds is 8. The van der Waals surface area contributed by atoms with Gasteiger partial charge in [-0.2, -0.15) is 0 Å². The van der Waals surface area contributed by atoms with E-state index < -0.39 is 22.1 Å². The topological polar surface area (TPSA) is 146 Å². The maximum atomic E-state index is 11.6. The van der Waals surface area contributed by atoms with Gasteiger partial charge in [0.1, 0.15) is 0 Å². The summed E-state index contributed by atoms with van der Waals surface area (Å²) in [6.45, 7) is 6.91. The van der Waals surface area contributed by atoms with E-state index in [-0.39, 0.29) is 50.3 Å². The number of hydrogen-bond donors (Lipinski definition) is 3. The van der Waals surface area contributed by atoms with Gasteiger partial charge in [0.2, 0.25) is 7.37 Å². The Kier molecular flexibility index (Phi) is 26.9. The van der Waals surface area contributed by atoms with Crippen molar-refractivity contribution in [3.63, 3.8) is 0 Å². The predicted octanol–water partition coefficient (Wildman–Crippen LogP) is 3.55. The van der Waals surface area contributed by atoms with Gasteiger partial charge in [0.05, 0.1) is 0 Å². The second kappa shape index (κ2) is 21.4. The summed E-state index contributed by atoms with van der Waals surface area (Å²) in [6, 6.07) is 8.35. The molecule has 0 aliphatic rings. The van der Waals surface area contributed by atoms with Crippen LogP contribution >= 0.6 is 22.1 Å². The van der Waals surface area contributed by atoms with Crippen LogP contribution in [0.15, 0.2) is 30.3 Å². The molecule has 3 N–H and O–H groups in total. The third-order valence-corrected chi connectivity index (χ3v) is 9.54. The van der Waals surface area contributed by atoms with E-state index in [1.165, 1.54) is 0 Å². The van der Waals surface area contributed by atoms with Gasteiger partial charge in [0.15, 0.2) is 14.7 Å². The molecule has 0 aliphatic heterocycles. The molecule has 8 nitrogen and oxygen atoms in total. The monoisotopic (exact) mass is 585 g/mol. The molecule has 1 unspecified atom stereocenters. The van der Waals surface area contributed by atoms with Crippen molar-refractivity contribution in [3.8, 4) is 0 Å². The summed E-state index contributed by atoms with van der Waals surface area (Å²) in [5.41, 5.74) is 0. The summed E-state index contributed by atoms with van der Waals surface area (Å²) >= 11 is 0.125. The first-order chi connectivity index (χ1) is 13.4. The second-order valence-electron chi connectivity index (χ2n) is 5.61. The third kappa shape index (κ3) is 21.7. The zero-order valence-corrected chi connectivity index (χ0v) is 26.9. The fourth-order valence-corrected chi connectivity index (χ4v) is 3.62. The third-order valence-electron chi connectivity index (χ3n) is 3.65. The Balaban J connectivity index is -0.000000172. The molecule has 1 rings (SSSR count). The van der Waals surface area contributed by atoms with Gasteiger partial charge in [0, 0.05) is 55.6 Å². The van der Waals surface area contributed by atoms with Crippen molar-refractivity contribution in [2.24, 2.45) is 0 Å². The molecule has 0 saturated carbocycles. The smallest absolute Gasteiger partial charge is 0 e. The van der Waals surface area contributed by atoms with E-state index in [9.17, 15) is 23.4 Å². The van der Waals surface area contributed by atoms with Gasteiger partial charge in [-0.15, -0.1) is 6.42 Å². The molecular formula is C17H32O8P3Zn2-. The van der Waals surface area contributed by atoms with Crippen LogP contribution < -0.4 is 5.30 Å². The molecule has 0 amide bonds.